The van der Waals surface area contributed by atoms with Crippen LogP contribution in [-0.2, 0) is 6.61 Å². The van der Waals surface area contributed by atoms with Crippen LogP contribution in [0, 0.1) is 0 Å². The van der Waals surface area contributed by atoms with E-state index in [2.05, 4.69) is 31.9 Å². The van der Waals surface area contributed by atoms with Crippen LogP contribution in [0.2, 0.25) is 0 Å². The van der Waals surface area contributed by atoms with Gasteiger partial charge in [-0.15, -0.1) is 0 Å². The number of hydrogen-bond donors (Lipinski definition) is 1. The highest BCUT2D eigenvalue weighted by atomic mass is 79.9. The summed E-state index contributed by atoms with van der Waals surface area (Å²) in [6, 6.07) is 5.03. The maximum atomic E-state index is 10.9. The third kappa shape index (κ3) is 3.13. The zero-order valence-corrected chi connectivity index (χ0v) is 13.0. The summed E-state index contributed by atoms with van der Waals surface area (Å²) in [7, 11) is 0. The molecule has 3 nitrogen and oxygen atoms in total. The van der Waals surface area contributed by atoms with E-state index in [1.807, 2.05) is 16.8 Å². The summed E-state index contributed by atoms with van der Waals surface area (Å²) < 4.78 is 6.90. The SMILES string of the molecule is O=C(O)c1cc(Br)c(OCc2ccsc2)c(Br)c1. The van der Waals surface area contributed by atoms with Crippen LogP contribution in [0.5, 0.6) is 5.75 Å². The number of thiophene rings is 1. The van der Waals surface area contributed by atoms with Crippen molar-refractivity contribution < 1.29 is 14.6 Å². The first-order valence-corrected chi connectivity index (χ1v) is 7.47. The number of carbonyl (C=O) groups is 1. The lowest BCUT2D eigenvalue weighted by Gasteiger charge is -2.10. The van der Waals surface area contributed by atoms with Crippen LogP contribution in [0.15, 0.2) is 37.9 Å². The number of aromatic carboxylic acids is 1. The molecule has 0 aliphatic rings. The first-order chi connectivity index (χ1) is 8.58. The molecule has 1 aromatic carbocycles. The maximum Gasteiger partial charge on any atom is 0.335 e. The predicted molar refractivity (Wildman–Crippen MR) is 77.5 cm³/mol. The van der Waals surface area contributed by atoms with E-state index in [0.29, 0.717) is 21.3 Å². The van der Waals surface area contributed by atoms with Crippen molar-refractivity contribution in [2.75, 3.05) is 0 Å². The molecule has 0 fully saturated rings. The number of rotatable bonds is 4. The largest absolute Gasteiger partial charge is 0.487 e. The molecule has 0 amide bonds. The van der Waals surface area contributed by atoms with Crippen molar-refractivity contribution in [3.63, 3.8) is 0 Å². The van der Waals surface area contributed by atoms with Crippen LogP contribution in [-0.4, -0.2) is 11.1 Å². The van der Waals surface area contributed by atoms with Gasteiger partial charge in [-0.1, -0.05) is 0 Å². The fraction of sp³-hybridized carbons (Fsp3) is 0.0833. The van der Waals surface area contributed by atoms with E-state index in [1.54, 1.807) is 11.3 Å². The molecule has 1 heterocycles. The van der Waals surface area contributed by atoms with Crippen molar-refractivity contribution in [2.45, 2.75) is 6.61 Å². The van der Waals surface area contributed by atoms with Gasteiger partial charge >= 0.3 is 5.97 Å². The van der Waals surface area contributed by atoms with Gasteiger partial charge in [-0.25, -0.2) is 4.79 Å². The molecule has 0 saturated heterocycles. The first kappa shape index (κ1) is 13.6. The van der Waals surface area contributed by atoms with Gasteiger partial charge in [-0.2, -0.15) is 11.3 Å². The summed E-state index contributed by atoms with van der Waals surface area (Å²) in [5.41, 5.74) is 1.29. The molecule has 0 saturated carbocycles. The zero-order valence-electron chi connectivity index (χ0n) is 9.02. The quantitative estimate of drug-likeness (QED) is 0.831. The Bertz CT molecular complexity index is 544. The molecule has 0 bridgehead atoms. The van der Waals surface area contributed by atoms with Crippen molar-refractivity contribution in [3.05, 3.63) is 49.0 Å². The van der Waals surface area contributed by atoms with Crippen molar-refractivity contribution in [2.24, 2.45) is 0 Å². The molecule has 0 aliphatic heterocycles. The van der Waals surface area contributed by atoms with Crippen molar-refractivity contribution >= 4 is 49.2 Å². The highest BCUT2D eigenvalue weighted by Gasteiger charge is 2.12. The van der Waals surface area contributed by atoms with Crippen LogP contribution >= 0.6 is 43.2 Å². The minimum Gasteiger partial charge on any atom is -0.487 e. The summed E-state index contributed by atoms with van der Waals surface area (Å²) in [6.07, 6.45) is 0. The predicted octanol–water partition coefficient (Wildman–Crippen LogP) is 4.55. The fourth-order valence-electron chi connectivity index (χ4n) is 1.35. The Morgan fingerprint density at radius 3 is 2.50 bits per heavy atom. The van der Waals surface area contributed by atoms with Crippen molar-refractivity contribution in [1.82, 2.24) is 0 Å². The van der Waals surface area contributed by atoms with Crippen LogP contribution in [0.1, 0.15) is 15.9 Å². The fourth-order valence-corrected chi connectivity index (χ4v) is 3.42. The molecular weight excluding hydrogens is 384 g/mol. The van der Waals surface area contributed by atoms with E-state index in [4.69, 9.17) is 9.84 Å². The van der Waals surface area contributed by atoms with E-state index < -0.39 is 5.97 Å². The lowest BCUT2D eigenvalue weighted by Crippen LogP contribution is -2.00. The summed E-state index contributed by atoms with van der Waals surface area (Å²) in [5, 5.41) is 12.9. The van der Waals surface area contributed by atoms with Gasteiger partial charge in [-0.3, -0.25) is 0 Å². The van der Waals surface area contributed by atoms with Crippen molar-refractivity contribution in [3.8, 4) is 5.75 Å². The smallest absolute Gasteiger partial charge is 0.335 e. The topological polar surface area (TPSA) is 46.5 Å². The molecule has 0 unspecified atom stereocenters. The summed E-state index contributed by atoms with van der Waals surface area (Å²) in [6.45, 7) is 0.452. The van der Waals surface area contributed by atoms with E-state index in [0.717, 1.165) is 5.56 Å². The number of hydrogen-bond acceptors (Lipinski definition) is 3. The summed E-state index contributed by atoms with van der Waals surface area (Å²) in [5.74, 6) is -0.369. The second-order valence-electron chi connectivity index (χ2n) is 3.49. The van der Waals surface area contributed by atoms with Gasteiger partial charge < -0.3 is 9.84 Å². The number of carboxylic acids is 1. The highest BCUT2D eigenvalue weighted by molar-refractivity contribution is 9.11. The van der Waals surface area contributed by atoms with E-state index in [-0.39, 0.29) is 5.56 Å². The van der Waals surface area contributed by atoms with Gasteiger partial charge in [0.1, 0.15) is 12.4 Å². The first-order valence-electron chi connectivity index (χ1n) is 4.94. The Morgan fingerprint density at radius 1 is 1.33 bits per heavy atom. The molecule has 0 spiro atoms. The second kappa shape index (κ2) is 5.86. The molecule has 0 atom stereocenters. The van der Waals surface area contributed by atoms with E-state index >= 15 is 0 Å². The number of benzene rings is 1. The lowest BCUT2D eigenvalue weighted by atomic mass is 10.2. The van der Waals surface area contributed by atoms with Crippen LogP contribution in [0.3, 0.4) is 0 Å². The number of ether oxygens (including phenoxy) is 1. The molecule has 0 radical (unpaired) electrons. The van der Waals surface area contributed by atoms with Gasteiger partial charge in [-0.05, 0) is 66.4 Å². The monoisotopic (exact) mass is 390 g/mol. The minimum absolute atomic E-state index is 0.205. The third-order valence-electron chi connectivity index (χ3n) is 2.21. The van der Waals surface area contributed by atoms with Gasteiger partial charge in [0.15, 0.2) is 0 Å². The molecule has 2 aromatic rings. The van der Waals surface area contributed by atoms with Gasteiger partial charge in [0, 0.05) is 0 Å². The molecule has 0 aliphatic carbocycles. The Morgan fingerprint density at radius 2 is 2.00 bits per heavy atom. The van der Waals surface area contributed by atoms with E-state index in [1.165, 1.54) is 12.1 Å². The average Bonchev–Trinajstić information content (AvgIpc) is 2.80. The normalized spacial score (nSPS) is 10.3. The Labute approximate surface area is 125 Å². The van der Waals surface area contributed by atoms with Gasteiger partial charge in [0.2, 0.25) is 0 Å². The van der Waals surface area contributed by atoms with Crippen LogP contribution in [0.4, 0.5) is 0 Å². The standard InChI is InChI=1S/C12H8Br2O3S/c13-9-3-8(12(15)16)4-10(14)11(9)17-5-7-1-2-18-6-7/h1-4,6H,5H2,(H,15,16). The molecule has 1 N–H and O–H groups in total. The minimum atomic E-state index is -0.971. The molecule has 94 valence electrons. The Balaban J connectivity index is 2.20. The third-order valence-corrected chi connectivity index (χ3v) is 4.12. The highest BCUT2D eigenvalue weighted by Crippen LogP contribution is 2.35. The lowest BCUT2D eigenvalue weighted by molar-refractivity contribution is 0.0696. The molecule has 18 heavy (non-hydrogen) atoms. The Hall–Kier alpha value is -0.850. The number of carboxylic acid groups (broad SMARTS) is 1. The molecule has 2 rings (SSSR count). The van der Waals surface area contributed by atoms with Crippen LogP contribution < -0.4 is 4.74 Å². The average molecular weight is 392 g/mol. The van der Waals surface area contributed by atoms with Crippen molar-refractivity contribution in [1.29, 1.82) is 0 Å². The Kier molecular flexibility index (Phi) is 4.42. The van der Waals surface area contributed by atoms with E-state index in [9.17, 15) is 4.79 Å². The molecular formula is C12H8Br2O3S. The molecule has 6 heteroatoms. The zero-order chi connectivity index (χ0) is 13.1. The molecule has 1 aromatic heterocycles. The van der Waals surface area contributed by atoms with Gasteiger partial charge in [0.25, 0.3) is 0 Å². The summed E-state index contributed by atoms with van der Waals surface area (Å²) >= 11 is 8.24. The summed E-state index contributed by atoms with van der Waals surface area (Å²) in [4.78, 5) is 10.9. The maximum absolute atomic E-state index is 10.9. The van der Waals surface area contributed by atoms with Gasteiger partial charge in [0.05, 0.1) is 14.5 Å². The second-order valence-corrected chi connectivity index (χ2v) is 5.98. The van der Waals surface area contributed by atoms with Crippen LogP contribution in [0.25, 0.3) is 0 Å². The number of halogens is 2.